The average molecular weight is 459 g/mol. The van der Waals surface area contributed by atoms with Gasteiger partial charge in [-0.05, 0) is 87.7 Å². The summed E-state index contributed by atoms with van der Waals surface area (Å²) in [6, 6.07) is 31.7. The van der Waals surface area contributed by atoms with Crippen LogP contribution in [0.25, 0.3) is 22.3 Å². The summed E-state index contributed by atoms with van der Waals surface area (Å²) in [6.07, 6.45) is 5.63. The lowest BCUT2D eigenvalue weighted by molar-refractivity contribution is 0.395. The molecule has 4 aromatic rings. The average Bonchev–Trinajstić information content (AvgIpc) is 3.45. The normalized spacial score (nSPS) is 13.5. The Morgan fingerprint density at radius 1 is 0.629 bits per heavy atom. The standard InChI is InChI=1S/C33H34N2/c1-2-18-33(19-17-32(34)35,30-15-7-13-26-24-11-5-3-9-22(24)20-28(26)30)31-16-8-14-27-25-12-6-4-10-23(25)21-29(27)31/h3-16,32H,2,17-21,34-35H2,1H3. The van der Waals surface area contributed by atoms with Crippen molar-refractivity contribution < 1.29 is 0 Å². The summed E-state index contributed by atoms with van der Waals surface area (Å²) in [4.78, 5) is 0. The fraction of sp³-hybridized carbons (Fsp3) is 0.273. The Morgan fingerprint density at radius 2 is 1.11 bits per heavy atom. The van der Waals surface area contributed by atoms with Gasteiger partial charge in [-0.3, -0.25) is 0 Å². The first-order valence-corrected chi connectivity index (χ1v) is 13.0. The Hall–Kier alpha value is -3.20. The first-order chi connectivity index (χ1) is 17.1. The zero-order valence-corrected chi connectivity index (χ0v) is 20.6. The van der Waals surface area contributed by atoms with E-state index in [0.29, 0.717) is 0 Å². The van der Waals surface area contributed by atoms with Gasteiger partial charge in [0.15, 0.2) is 0 Å². The summed E-state index contributed by atoms with van der Waals surface area (Å²) in [5.74, 6) is 0. The zero-order chi connectivity index (χ0) is 24.0. The van der Waals surface area contributed by atoms with Gasteiger partial charge in [0, 0.05) is 5.41 Å². The second kappa shape index (κ2) is 8.78. The van der Waals surface area contributed by atoms with Crippen molar-refractivity contribution in [2.75, 3.05) is 0 Å². The number of rotatable bonds is 7. The van der Waals surface area contributed by atoms with Gasteiger partial charge in [-0.25, -0.2) is 0 Å². The maximum absolute atomic E-state index is 6.19. The minimum absolute atomic E-state index is 0.119. The predicted octanol–water partition coefficient (Wildman–Crippen LogP) is 6.94. The Bertz CT molecular complexity index is 1300. The Balaban J connectivity index is 1.59. The fourth-order valence-electron chi connectivity index (χ4n) is 6.86. The van der Waals surface area contributed by atoms with E-state index < -0.39 is 0 Å². The van der Waals surface area contributed by atoms with E-state index in [4.69, 9.17) is 11.5 Å². The molecule has 0 aromatic heterocycles. The second-order valence-electron chi connectivity index (χ2n) is 10.4. The number of nitrogens with two attached hydrogens (primary N) is 2. The van der Waals surface area contributed by atoms with Crippen LogP contribution in [0.4, 0.5) is 0 Å². The van der Waals surface area contributed by atoms with E-state index in [2.05, 4.69) is 91.9 Å². The summed E-state index contributed by atoms with van der Waals surface area (Å²) in [5, 5.41) is 0. The van der Waals surface area contributed by atoms with E-state index in [1.807, 2.05) is 0 Å². The smallest absolute Gasteiger partial charge is 0.0521 e. The van der Waals surface area contributed by atoms with Crippen LogP contribution in [-0.2, 0) is 18.3 Å². The van der Waals surface area contributed by atoms with Gasteiger partial charge in [0.05, 0.1) is 6.17 Å². The Labute approximate surface area is 209 Å². The van der Waals surface area contributed by atoms with Crippen LogP contribution in [0.15, 0.2) is 84.9 Å². The largest absolute Gasteiger partial charge is 0.316 e. The molecule has 0 unspecified atom stereocenters. The van der Waals surface area contributed by atoms with E-state index >= 15 is 0 Å². The van der Waals surface area contributed by atoms with Crippen molar-refractivity contribution in [1.82, 2.24) is 0 Å². The lowest BCUT2D eigenvalue weighted by Gasteiger charge is -2.39. The van der Waals surface area contributed by atoms with Crippen molar-refractivity contribution >= 4 is 0 Å². The summed E-state index contributed by atoms with van der Waals surface area (Å²) in [5.41, 5.74) is 26.6. The van der Waals surface area contributed by atoms with Gasteiger partial charge in [-0.15, -0.1) is 0 Å². The van der Waals surface area contributed by atoms with Crippen LogP contribution < -0.4 is 11.5 Å². The van der Waals surface area contributed by atoms with Gasteiger partial charge in [0.1, 0.15) is 0 Å². The number of benzene rings is 4. The van der Waals surface area contributed by atoms with Crippen molar-refractivity contribution in [2.24, 2.45) is 11.5 Å². The minimum atomic E-state index is -0.311. The SMILES string of the molecule is CCCC(CCC(N)N)(c1cccc2c1Cc1ccccc1-2)c1cccc2c1Cc1ccccc1-2. The van der Waals surface area contributed by atoms with Crippen molar-refractivity contribution in [1.29, 1.82) is 0 Å². The molecule has 2 aliphatic rings. The molecule has 4 aromatic carbocycles. The summed E-state index contributed by atoms with van der Waals surface area (Å²) < 4.78 is 0. The molecule has 0 heterocycles. The van der Waals surface area contributed by atoms with Crippen molar-refractivity contribution in [3.8, 4) is 22.3 Å². The Morgan fingerprint density at radius 3 is 1.60 bits per heavy atom. The molecule has 0 saturated heterocycles. The highest BCUT2D eigenvalue weighted by atomic mass is 14.8. The molecule has 0 aliphatic heterocycles. The molecule has 0 amide bonds. The van der Waals surface area contributed by atoms with Crippen LogP contribution in [0.5, 0.6) is 0 Å². The molecule has 6 rings (SSSR count). The number of hydrogen-bond donors (Lipinski definition) is 2. The lowest BCUT2D eigenvalue weighted by Crippen LogP contribution is -2.36. The molecule has 2 aliphatic carbocycles. The monoisotopic (exact) mass is 458 g/mol. The third-order valence-corrected chi connectivity index (χ3v) is 8.31. The van der Waals surface area contributed by atoms with E-state index in [1.165, 1.54) is 55.6 Å². The highest BCUT2D eigenvalue weighted by molar-refractivity contribution is 5.81. The van der Waals surface area contributed by atoms with Crippen LogP contribution in [0.1, 0.15) is 66.0 Å². The number of fused-ring (bicyclic) bond motifs is 6. The molecule has 0 radical (unpaired) electrons. The summed E-state index contributed by atoms with van der Waals surface area (Å²) in [7, 11) is 0. The molecule has 2 nitrogen and oxygen atoms in total. The molecule has 0 atom stereocenters. The third-order valence-electron chi connectivity index (χ3n) is 8.31. The topological polar surface area (TPSA) is 52.0 Å². The molecule has 176 valence electrons. The molecule has 0 saturated carbocycles. The van der Waals surface area contributed by atoms with Gasteiger partial charge in [0.2, 0.25) is 0 Å². The second-order valence-corrected chi connectivity index (χ2v) is 10.4. The molecule has 2 heteroatoms. The maximum Gasteiger partial charge on any atom is 0.0521 e. The van der Waals surface area contributed by atoms with Gasteiger partial charge >= 0.3 is 0 Å². The van der Waals surface area contributed by atoms with Crippen LogP contribution in [-0.4, -0.2) is 6.17 Å². The molecule has 4 N–H and O–H groups in total. The van der Waals surface area contributed by atoms with E-state index in [1.54, 1.807) is 0 Å². The summed E-state index contributed by atoms with van der Waals surface area (Å²) in [6.45, 7) is 2.31. The highest BCUT2D eigenvalue weighted by Crippen LogP contribution is 2.51. The molecule has 35 heavy (non-hydrogen) atoms. The third kappa shape index (κ3) is 3.55. The predicted molar refractivity (Wildman–Crippen MR) is 146 cm³/mol. The van der Waals surface area contributed by atoms with Gasteiger partial charge in [-0.1, -0.05) is 98.3 Å². The molecule has 0 fully saturated rings. The van der Waals surface area contributed by atoms with E-state index in [9.17, 15) is 0 Å². The van der Waals surface area contributed by atoms with Crippen molar-refractivity contribution in [2.45, 2.75) is 57.0 Å². The van der Waals surface area contributed by atoms with Gasteiger partial charge in [-0.2, -0.15) is 0 Å². The molecular formula is C33H34N2. The van der Waals surface area contributed by atoms with E-state index in [-0.39, 0.29) is 11.6 Å². The van der Waals surface area contributed by atoms with E-state index in [0.717, 1.165) is 38.5 Å². The first-order valence-electron chi connectivity index (χ1n) is 13.0. The molecule has 0 spiro atoms. The summed E-state index contributed by atoms with van der Waals surface area (Å²) >= 11 is 0. The lowest BCUT2D eigenvalue weighted by atomic mass is 9.65. The van der Waals surface area contributed by atoms with Gasteiger partial charge < -0.3 is 11.5 Å². The molecular weight excluding hydrogens is 424 g/mol. The zero-order valence-electron chi connectivity index (χ0n) is 20.6. The quantitative estimate of drug-likeness (QED) is 0.255. The maximum atomic E-state index is 6.19. The minimum Gasteiger partial charge on any atom is -0.316 e. The van der Waals surface area contributed by atoms with Crippen LogP contribution in [0.2, 0.25) is 0 Å². The highest BCUT2D eigenvalue weighted by Gasteiger charge is 2.40. The Kier molecular flexibility index (Phi) is 5.59. The van der Waals surface area contributed by atoms with Gasteiger partial charge in [0.25, 0.3) is 0 Å². The van der Waals surface area contributed by atoms with Crippen LogP contribution in [0, 0.1) is 0 Å². The van der Waals surface area contributed by atoms with Crippen LogP contribution >= 0.6 is 0 Å². The van der Waals surface area contributed by atoms with Crippen LogP contribution in [0.3, 0.4) is 0 Å². The first kappa shape index (κ1) is 22.3. The fourth-order valence-corrected chi connectivity index (χ4v) is 6.86. The van der Waals surface area contributed by atoms with Crippen molar-refractivity contribution in [3.63, 3.8) is 0 Å². The van der Waals surface area contributed by atoms with Crippen molar-refractivity contribution in [3.05, 3.63) is 118 Å². The molecule has 0 bridgehead atoms. The number of hydrogen-bond acceptors (Lipinski definition) is 2.